The van der Waals surface area contributed by atoms with E-state index in [1.165, 1.54) is 42.5 Å². The molecule has 0 aliphatic carbocycles. The topological polar surface area (TPSA) is 32.8 Å². The van der Waals surface area contributed by atoms with Crippen molar-refractivity contribution in [1.29, 1.82) is 0 Å². The molecule has 15 rings (SSSR count). The second-order valence-electron chi connectivity index (χ2n) is 18.7. The fraction of sp³-hybridized carbons (Fsp3) is 0. The van der Waals surface area contributed by atoms with Gasteiger partial charge in [0.25, 0.3) is 0 Å². The first-order valence-corrected chi connectivity index (χ1v) is 25.5. The maximum Gasteiger partial charge on any atom is 0.159 e. The average molecular weight is 951 g/mol. The average Bonchev–Trinajstić information content (AvgIpc) is 4.05. The van der Waals surface area contributed by atoms with Crippen LogP contribution in [0.5, 0.6) is 0 Å². The molecule has 73 heavy (non-hydrogen) atoms. The van der Waals surface area contributed by atoms with Crippen LogP contribution in [0.15, 0.2) is 273 Å². The lowest BCUT2D eigenvalue weighted by Gasteiger charge is -2.28. The largest absolute Gasteiger partial charge is 0.453 e. The van der Waals surface area contributed by atoms with E-state index in [1.807, 2.05) is 11.8 Å². The monoisotopic (exact) mass is 950 g/mol. The van der Waals surface area contributed by atoms with Gasteiger partial charge in [0.2, 0.25) is 0 Å². The third-order valence-electron chi connectivity index (χ3n) is 14.6. The van der Waals surface area contributed by atoms with E-state index in [-0.39, 0.29) is 0 Å². The van der Waals surface area contributed by atoms with E-state index in [2.05, 4.69) is 265 Å². The van der Waals surface area contributed by atoms with Crippen molar-refractivity contribution in [1.82, 2.24) is 0 Å². The zero-order valence-electron chi connectivity index (χ0n) is 39.4. The molecule has 0 radical (unpaired) electrons. The van der Waals surface area contributed by atoms with Gasteiger partial charge in [0.15, 0.2) is 11.2 Å². The van der Waals surface area contributed by atoms with Gasteiger partial charge in [-0.15, -0.1) is 0 Å². The van der Waals surface area contributed by atoms with Crippen LogP contribution >= 0.6 is 11.8 Å². The van der Waals surface area contributed by atoms with Crippen LogP contribution in [0.25, 0.3) is 98.8 Å². The van der Waals surface area contributed by atoms with Crippen molar-refractivity contribution in [3.8, 4) is 33.4 Å². The number of hydrogen-bond donors (Lipinski definition) is 0. The van der Waals surface area contributed by atoms with E-state index in [9.17, 15) is 0 Å². The summed E-state index contributed by atoms with van der Waals surface area (Å²) in [6.07, 6.45) is 0. The van der Waals surface area contributed by atoms with Crippen LogP contribution in [-0.2, 0) is 0 Å². The summed E-state index contributed by atoms with van der Waals surface area (Å²) in [5, 5.41) is 9.27. The van der Waals surface area contributed by atoms with E-state index in [4.69, 9.17) is 8.83 Å². The van der Waals surface area contributed by atoms with Gasteiger partial charge in [0.1, 0.15) is 11.2 Å². The minimum atomic E-state index is 0.853. The molecule has 0 saturated carbocycles. The summed E-state index contributed by atoms with van der Waals surface area (Å²) in [7, 11) is 0. The van der Waals surface area contributed by atoms with E-state index in [0.29, 0.717) is 0 Å². The Hall–Kier alpha value is -9.29. The molecular formula is C68H42N2O2S. The van der Waals surface area contributed by atoms with E-state index >= 15 is 0 Å². The predicted octanol–water partition coefficient (Wildman–Crippen LogP) is 20.2. The van der Waals surface area contributed by atoms with Crippen LogP contribution in [0.1, 0.15) is 0 Å². The molecule has 5 heteroatoms. The van der Waals surface area contributed by atoms with Gasteiger partial charge >= 0.3 is 0 Å². The van der Waals surface area contributed by atoms with Gasteiger partial charge in [-0.25, -0.2) is 0 Å². The molecule has 0 amide bonds. The summed E-state index contributed by atoms with van der Waals surface area (Å²) < 4.78 is 14.0. The Morgan fingerprint density at radius 1 is 0.274 bits per heavy atom. The van der Waals surface area contributed by atoms with Crippen molar-refractivity contribution in [2.24, 2.45) is 0 Å². The summed E-state index contributed by atoms with van der Waals surface area (Å²) in [6, 6.07) is 91.3. The van der Waals surface area contributed by atoms with E-state index < -0.39 is 0 Å². The fourth-order valence-electron chi connectivity index (χ4n) is 11.3. The highest BCUT2D eigenvalue weighted by Crippen LogP contribution is 2.53. The standard InChI is InChI=1S/C68H42N2O2S/c1-5-18-43(19-6-1)50-26-13-29-54-56-31-15-33-60(67(56)71-65(50)54)69(46-22-9-3-10-23-46)48-37-36-45-40-59-52-39-38-49(42-63(52)73-62-35-17-28-53(64(59)62)58(45)41-48)70(47-24-11-4-12-25-47)61-34-16-32-57-55-30-14-27-51(66(55)72-68(57)61)44-20-7-2-8-21-44/h1-42H. The van der Waals surface area contributed by atoms with Gasteiger partial charge < -0.3 is 18.6 Å². The van der Waals surface area contributed by atoms with Crippen molar-refractivity contribution < 1.29 is 8.83 Å². The molecule has 0 bridgehead atoms. The Morgan fingerprint density at radius 3 is 1.30 bits per heavy atom. The predicted molar refractivity (Wildman–Crippen MR) is 306 cm³/mol. The van der Waals surface area contributed by atoms with Gasteiger partial charge in [-0.1, -0.05) is 194 Å². The molecule has 1 aliphatic rings. The van der Waals surface area contributed by atoms with E-state index in [1.54, 1.807) is 0 Å². The fourth-order valence-corrected chi connectivity index (χ4v) is 12.5. The summed E-state index contributed by atoms with van der Waals surface area (Å²) >= 11 is 1.85. The number of anilines is 6. The first kappa shape index (κ1) is 41.5. The van der Waals surface area contributed by atoms with Gasteiger partial charge in [0, 0.05) is 70.6 Å². The summed E-state index contributed by atoms with van der Waals surface area (Å²) in [5.74, 6) is 0. The molecule has 14 aromatic rings. The Kier molecular flexibility index (Phi) is 9.47. The molecule has 0 N–H and O–H groups in total. The number of hydrogen-bond acceptors (Lipinski definition) is 5. The lowest BCUT2D eigenvalue weighted by molar-refractivity contribution is 0.670. The summed E-state index contributed by atoms with van der Waals surface area (Å²) in [5.41, 5.74) is 16.6. The molecule has 3 heterocycles. The van der Waals surface area contributed by atoms with Gasteiger partial charge in [-0.05, 0) is 111 Å². The Bertz CT molecular complexity index is 4470. The Balaban J connectivity index is 0.865. The van der Waals surface area contributed by atoms with Crippen LogP contribution in [0.4, 0.5) is 34.1 Å². The highest BCUT2D eigenvalue weighted by molar-refractivity contribution is 7.99. The maximum atomic E-state index is 7.01. The van der Waals surface area contributed by atoms with Gasteiger partial charge in [-0.3, -0.25) is 0 Å². The molecule has 0 unspecified atom stereocenters. The van der Waals surface area contributed by atoms with Crippen molar-refractivity contribution in [3.63, 3.8) is 0 Å². The number of fused-ring (bicyclic) bond motifs is 10. The molecule has 0 spiro atoms. The van der Waals surface area contributed by atoms with E-state index in [0.717, 1.165) is 100 Å². The maximum absolute atomic E-state index is 7.01. The van der Waals surface area contributed by atoms with Crippen LogP contribution in [0.2, 0.25) is 0 Å². The summed E-state index contributed by atoms with van der Waals surface area (Å²) in [6.45, 7) is 0. The van der Waals surface area contributed by atoms with Crippen molar-refractivity contribution in [2.75, 3.05) is 9.80 Å². The number of rotatable bonds is 8. The third-order valence-corrected chi connectivity index (χ3v) is 15.7. The van der Waals surface area contributed by atoms with Crippen LogP contribution in [0, 0.1) is 0 Å². The number of furan rings is 2. The van der Waals surface area contributed by atoms with Crippen molar-refractivity contribution >= 4 is 111 Å². The second kappa shape index (κ2) is 16.7. The first-order chi connectivity index (χ1) is 36.2. The lowest BCUT2D eigenvalue weighted by atomic mass is 9.92. The van der Waals surface area contributed by atoms with Crippen molar-refractivity contribution in [3.05, 3.63) is 255 Å². The van der Waals surface area contributed by atoms with Crippen LogP contribution in [0.3, 0.4) is 0 Å². The smallest absolute Gasteiger partial charge is 0.159 e. The zero-order valence-corrected chi connectivity index (χ0v) is 40.2. The molecule has 12 aromatic carbocycles. The quantitative estimate of drug-likeness (QED) is 0.142. The van der Waals surface area contributed by atoms with Gasteiger partial charge in [0.05, 0.1) is 11.4 Å². The van der Waals surface area contributed by atoms with Crippen LogP contribution in [-0.4, -0.2) is 0 Å². The second-order valence-corrected chi connectivity index (χ2v) is 19.8. The number of nitrogens with zero attached hydrogens (tertiary/aromatic N) is 2. The SMILES string of the molecule is c1ccc(-c2cccc3c2oc2c(N(c4ccccc4)c4ccc5c(c4)Sc4cccc6c4c-5cc4ccc(N(c5ccccc5)c5cccc7c5oc5c(-c8ccccc8)cccc57)cc46)cccc23)cc1. The molecular weight excluding hydrogens is 909 g/mol. The van der Waals surface area contributed by atoms with Crippen LogP contribution < -0.4 is 9.80 Å². The number of benzene rings is 12. The first-order valence-electron chi connectivity index (χ1n) is 24.7. The minimum Gasteiger partial charge on any atom is -0.453 e. The molecule has 0 saturated heterocycles. The highest BCUT2D eigenvalue weighted by Gasteiger charge is 2.27. The minimum absolute atomic E-state index is 0.853. The molecule has 0 atom stereocenters. The number of para-hydroxylation sites is 6. The molecule has 2 aromatic heterocycles. The molecule has 1 aliphatic heterocycles. The molecule has 0 fully saturated rings. The normalized spacial score (nSPS) is 12.1. The Morgan fingerprint density at radius 2 is 0.740 bits per heavy atom. The van der Waals surface area contributed by atoms with Gasteiger partial charge in [-0.2, -0.15) is 0 Å². The highest BCUT2D eigenvalue weighted by atomic mass is 32.2. The summed E-state index contributed by atoms with van der Waals surface area (Å²) in [4.78, 5) is 7.14. The molecule has 342 valence electrons. The lowest BCUT2D eigenvalue weighted by Crippen LogP contribution is -2.10. The zero-order chi connectivity index (χ0) is 48.0. The van der Waals surface area contributed by atoms with Crippen molar-refractivity contribution in [2.45, 2.75) is 9.79 Å². The Labute approximate surface area is 425 Å². The molecule has 4 nitrogen and oxygen atoms in total. The third kappa shape index (κ3) is 6.63.